The molecule has 0 aliphatic rings. The first kappa shape index (κ1) is 18.1. The molecule has 1 amide bonds. The van der Waals surface area contributed by atoms with Crippen molar-refractivity contribution in [2.24, 2.45) is 5.10 Å². The van der Waals surface area contributed by atoms with Gasteiger partial charge < -0.3 is 0 Å². The fourth-order valence-electron chi connectivity index (χ4n) is 1.83. The number of nitrogens with one attached hydrogen (secondary N) is 1. The zero-order valence-corrected chi connectivity index (χ0v) is 15.2. The number of sulfonamides is 1. The predicted molar refractivity (Wildman–Crippen MR) is 96.3 cm³/mol. The summed E-state index contributed by atoms with van der Waals surface area (Å²) in [7, 11) is -3.63. The van der Waals surface area contributed by atoms with E-state index in [0.717, 1.165) is 10.6 Å². The average Bonchev–Trinajstić information content (AvgIpc) is 2.53. The zero-order chi connectivity index (χ0) is 17.6. The number of nitrogens with zero attached hydrogens (tertiary/aromatic N) is 3. The van der Waals surface area contributed by atoms with Gasteiger partial charge in [0, 0.05) is 22.4 Å². The summed E-state index contributed by atoms with van der Waals surface area (Å²) in [5, 5.41) is 3.79. The van der Waals surface area contributed by atoms with E-state index in [-0.39, 0.29) is 6.54 Å². The number of anilines is 1. The van der Waals surface area contributed by atoms with Gasteiger partial charge in [0.1, 0.15) is 6.54 Å². The Bertz CT molecular complexity index is 841. The Hall–Kier alpha value is -2.26. The molecule has 1 aromatic heterocycles. The topological polar surface area (TPSA) is 91.7 Å². The van der Waals surface area contributed by atoms with Crippen molar-refractivity contribution in [2.75, 3.05) is 17.1 Å². The molecule has 1 heterocycles. The van der Waals surface area contributed by atoms with Crippen LogP contribution in [0.1, 0.15) is 5.56 Å². The number of para-hydroxylation sites is 1. The molecular formula is C15H15BrN4O3S. The molecule has 1 N–H and O–H groups in total. The molecule has 0 unspecified atom stereocenters. The number of carbonyl (C=O) groups is 1. The van der Waals surface area contributed by atoms with E-state index in [2.05, 4.69) is 31.4 Å². The molecular weight excluding hydrogens is 396 g/mol. The second-order valence-corrected chi connectivity index (χ2v) is 7.56. The molecule has 0 aliphatic heterocycles. The van der Waals surface area contributed by atoms with E-state index in [9.17, 15) is 13.2 Å². The molecule has 0 radical (unpaired) electrons. The molecule has 2 rings (SSSR count). The van der Waals surface area contributed by atoms with E-state index in [1.807, 2.05) is 0 Å². The predicted octanol–water partition coefficient (Wildman–Crippen LogP) is 1.76. The smallest absolute Gasteiger partial charge is 0.260 e. The van der Waals surface area contributed by atoms with Gasteiger partial charge in [0.15, 0.2) is 0 Å². The summed E-state index contributed by atoms with van der Waals surface area (Å²) in [4.78, 5) is 15.9. The Kier molecular flexibility index (Phi) is 6.04. The van der Waals surface area contributed by atoms with Gasteiger partial charge >= 0.3 is 0 Å². The summed E-state index contributed by atoms with van der Waals surface area (Å²) < 4.78 is 25.6. The van der Waals surface area contributed by atoms with Crippen LogP contribution in [-0.2, 0) is 14.8 Å². The molecule has 9 heteroatoms. The number of pyridine rings is 1. The SMILES string of the molecule is CS(=O)(=O)N(CC(=O)N/N=C\c1cccnc1)c1ccccc1Br. The number of amides is 1. The monoisotopic (exact) mass is 410 g/mol. The third kappa shape index (κ3) is 5.14. The van der Waals surface area contributed by atoms with Crippen molar-refractivity contribution >= 4 is 43.8 Å². The summed E-state index contributed by atoms with van der Waals surface area (Å²) in [5.41, 5.74) is 3.40. The van der Waals surface area contributed by atoms with Gasteiger partial charge in [-0.15, -0.1) is 0 Å². The number of hydrogen-bond donors (Lipinski definition) is 1. The molecule has 0 saturated carbocycles. The third-order valence-corrected chi connectivity index (χ3v) is 4.69. The van der Waals surface area contributed by atoms with E-state index < -0.39 is 15.9 Å². The van der Waals surface area contributed by atoms with Gasteiger partial charge in [-0.1, -0.05) is 18.2 Å². The van der Waals surface area contributed by atoms with Crippen molar-refractivity contribution in [1.82, 2.24) is 10.4 Å². The standard InChI is InChI=1S/C15H15BrN4O3S/c1-24(22,23)20(14-7-3-2-6-13(14)16)11-15(21)19-18-10-12-5-4-8-17-9-12/h2-10H,11H2,1H3,(H,19,21)/b18-10-. The summed E-state index contributed by atoms with van der Waals surface area (Å²) in [6.07, 6.45) is 5.67. The van der Waals surface area contributed by atoms with Gasteiger partial charge in [0.2, 0.25) is 10.0 Å². The van der Waals surface area contributed by atoms with Gasteiger partial charge in [-0.2, -0.15) is 5.10 Å². The molecule has 0 bridgehead atoms. The summed E-state index contributed by atoms with van der Waals surface area (Å²) in [6, 6.07) is 10.3. The van der Waals surface area contributed by atoms with Crippen LogP contribution in [-0.4, -0.2) is 38.3 Å². The Balaban J connectivity index is 2.09. The molecule has 0 spiro atoms. The maximum atomic E-state index is 12.0. The van der Waals surface area contributed by atoms with Crippen LogP contribution in [0.3, 0.4) is 0 Å². The van der Waals surface area contributed by atoms with Crippen molar-refractivity contribution < 1.29 is 13.2 Å². The molecule has 24 heavy (non-hydrogen) atoms. The van der Waals surface area contributed by atoms with Crippen LogP contribution < -0.4 is 9.73 Å². The minimum atomic E-state index is -3.63. The van der Waals surface area contributed by atoms with Gasteiger partial charge in [-0.25, -0.2) is 13.8 Å². The van der Waals surface area contributed by atoms with Crippen LogP contribution in [0, 0.1) is 0 Å². The van der Waals surface area contributed by atoms with Gasteiger partial charge in [0.25, 0.3) is 5.91 Å². The molecule has 2 aromatic rings. The first-order valence-corrected chi connectivity index (χ1v) is 9.46. The Morgan fingerprint density at radius 3 is 2.71 bits per heavy atom. The fourth-order valence-corrected chi connectivity index (χ4v) is 3.32. The quantitative estimate of drug-likeness (QED) is 0.579. The van der Waals surface area contributed by atoms with Crippen molar-refractivity contribution in [2.45, 2.75) is 0 Å². The Morgan fingerprint density at radius 2 is 2.08 bits per heavy atom. The highest BCUT2D eigenvalue weighted by Crippen LogP contribution is 2.27. The van der Waals surface area contributed by atoms with Crippen molar-refractivity contribution in [3.63, 3.8) is 0 Å². The minimum absolute atomic E-state index is 0.381. The number of rotatable bonds is 6. The van der Waals surface area contributed by atoms with E-state index in [0.29, 0.717) is 15.7 Å². The lowest BCUT2D eigenvalue weighted by atomic mass is 10.3. The molecule has 0 fully saturated rings. The first-order valence-electron chi connectivity index (χ1n) is 6.82. The molecule has 1 aromatic carbocycles. The minimum Gasteiger partial charge on any atom is -0.271 e. The number of benzene rings is 1. The highest BCUT2D eigenvalue weighted by Gasteiger charge is 2.22. The Labute approximate surface area is 148 Å². The molecule has 0 saturated heterocycles. The van der Waals surface area contributed by atoms with E-state index >= 15 is 0 Å². The van der Waals surface area contributed by atoms with Crippen molar-refractivity contribution in [1.29, 1.82) is 0 Å². The maximum Gasteiger partial charge on any atom is 0.260 e. The highest BCUT2D eigenvalue weighted by atomic mass is 79.9. The Morgan fingerprint density at radius 1 is 1.33 bits per heavy atom. The fraction of sp³-hybridized carbons (Fsp3) is 0.133. The second-order valence-electron chi connectivity index (χ2n) is 4.80. The van der Waals surface area contributed by atoms with Crippen molar-refractivity contribution in [3.8, 4) is 0 Å². The molecule has 7 nitrogen and oxygen atoms in total. The van der Waals surface area contributed by atoms with Gasteiger partial charge in [-0.3, -0.25) is 14.1 Å². The summed E-state index contributed by atoms with van der Waals surface area (Å²) in [6.45, 7) is -0.383. The summed E-state index contributed by atoms with van der Waals surface area (Å²) in [5.74, 6) is -0.559. The van der Waals surface area contributed by atoms with Crippen molar-refractivity contribution in [3.05, 3.63) is 58.8 Å². The first-order chi connectivity index (χ1) is 11.4. The number of halogens is 1. The molecule has 126 valence electrons. The number of hydrogen-bond acceptors (Lipinski definition) is 5. The average molecular weight is 411 g/mol. The van der Waals surface area contributed by atoms with Gasteiger partial charge in [0.05, 0.1) is 18.2 Å². The largest absolute Gasteiger partial charge is 0.271 e. The van der Waals surface area contributed by atoms with E-state index in [1.165, 1.54) is 6.21 Å². The lowest BCUT2D eigenvalue weighted by Crippen LogP contribution is -2.39. The lowest BCUT2D eigenvalue weighted by molar-refractivity contribution is -0.119. The van der Waals surface area contributed by atoms with E-state index in [1.54, 1.807) is 48.8 Å². The second kappa shape index (κ2) is 8.02. The van der Waals surface area contributed by atoms with Crippen LogP contribution in [0.15, 0.2) is 58.4 Å². The van der Waals surface area contributed by atoms with E-state index in [4.69, 9.17) is 0 Å². The maximum absolute atomic E-state index is 12.0. The number of aromatic nitrogens is 1. The third-order valence-electron chi connectivity index (χ3n) is 2.90. The van der Waals surface area contributed by atoms with Crippen LogP contribution in [0.25, 0.3) is 0 Å². The zero-order valence-electron chi connectivity index (χ0n) is 12.8. The van der Waals surface area contributed by atoms with Gasteiger partial charge in [-0.05, 0) is 34.1 Å². The van der Waals surface area contributed by atoms with Crippen LogP contribution in [0.2, 0.25) is 0 Å². The number of carbonyl (C=O) groups excluding carboxylic acids is 1. The van der Waals surface area contributed by atoms with Crippen LogP contribution >= 0.6 is 15.9 Å². The molecule has 0 atom stereocenters. The normalized spacial score (nSPS) is 11.4. The van der Waals surface area contributed by atoms with Crippen LogP contribution in [0.4, 0.5) is 5.69 Å². The number of hydrazone groups is 1. The lowest BCUT2D eigenvalue weighted by Gasteiger charge is -2.22. The summed E-state index contributed by atoms with van der Waals surface area (Å²) >= 11 is 3.29. The molecule has 0 aliphatic carbocycles. The van der Waals surface area contributed by atoms with Crippen LogP contribution in [0.5, 0.6) is 0 Å². The highest BCUT2D eigenvalue weighted by molar-refractivity contribution is 9.10.